The third-order valence-electron chi connectivity index (χ3n) is 2.49. The van der Waals surface area contributed by atoms with E-state index < -0.39 is 0 Å². The minimum absolute atomic E-state index is 0.122. The molecule has 0 fully saturated rings. The summed E-state index contributed by atoms with van der Waals surface area (Å²) in [7, 11) is 0. The zero-order valence-electron chi connectivity index (χ0n) is 11.3. The Bertz CT molecular complexity index is 537. The van der Waals surface area contributed by atoms with Gasteiger partial charge >= 0.3 is 0 Å². The number of aromatic nitrogens is 1. The van der Waals surface area contributed by atoms with Crippen molar-refractivity contribution in [2.24, 2.45) is 0 Å². The van der Waals surface area contributed by atoms with Crippen LogP contribution in [0.5, 0.6) is 0 Å². The topological polar surface area (TPSA) is 71.1 Å². The number of carbonyl (C=O) groups excluding carboxylic acids is 2. The lowest BCUT2D eigenvalue weighted by Gasteiger charge is -2.06. The average molecular weight is 301 g/mol. The van der Waals surface area contributed by atoms with Gasteiger partial charge in [-0.25, -0.2) is 0 Å². The Labute approximate surface area is 127 Å². The largest absolute Gasteiger partial charge is 0.325 e. The normalized spacial score (nSPS) is 9.90. The molecule has 0 saturated heterocycles. The van der Waals surface area contributed by atoms with Crippen LogP contribution < -0.4 is 10.6 Å². The predicted octanol–water partition coefficient (Wildman–Crippen LogP) is 2.39. The van der Waals surface area contributed by atoms with E-state index in [0.717, 1.165) is 5.69 Å². The van der Waals surface area contributed by atoms with Crippen LogP contribution in [0, 0.1) is 0 Å². The lowest BCUT2D eigenvalue weighted by Crippen LogP contribution is -2.18. The van der Waals surface area contributed by atoms with E-state index in [-0.39, 0.29) is 23.3 Å². The highest BCUT2D eigenvalue weighted by Gasteiger charge is 2.06. The van der Waals surface area contributed by atoms with Crippen LogP contribution in [0.3, 0.4) is 0 Å². The summed E-state index contributed by atoms with van der Waals surface area (Å²) in [6, 6.07) is 12.6. The maximum absolute atomic E-state index is 11.7. The van der Waals surface area contributed by atoms with Gasteiger partial charge in [-0.3, -0.25) is 14.6 Å². The van der Waals surface area contributed by atoms with E-state index in [0.29, 0.717) is 5.69 Å². The molecule has 108 valence electrons. The van der Waals surface area contributed by atoms with Gasteiger partial charge in [0, 0.05) is 23.8 Å². The molecular formula is C15H15N3O2S. The fourth-order valence-electron chi connectivity index (χ4n) is 1.59. The van der Waals surface area contributed by atoms with Crippen molar-refractivity contribution in [2.75, 3.05) is 22.1 Å². The van der Waals surface area contributed by atoms with Crippen LogP contribution in [0.15, 0.2) is 54.9 Å². The second-order valence-electron chi connectivity index (χ2n) is 4.19. The molecule has 0 unspecified atom stereocenters. The Kier molecular flexibility index (Phi) is 5.78. The minimum atomic E-state index is -0.140. The molecule has 6 heteroatoms. The smallest absolute Gasteiger partial charge is 0.234 e. The molecule has 1 heterocycles. The van der Waals surface area contributed by atoms with Crippen LogP contribution >= 0.6 is 11.8 Å². The van der Waals surface area contributed by atoms with E-state index in [9.17, 15) is 9.59 Å². The van der Waals surface area contributed by atoms with Crippen molar-refractivity contribution in [1.82, 2.24) is 4.98 Å². The molecule has 0 aliphatic carbocycles. The average Bonchev–Trinajstić information content (AvgIpc) is 2.49. The van der Waals surface area contributed by atoms with E-state index in [1.54, 1.807) is 24.5 Å². The first-order valence-electron chi connectivity index (χ1n) is 6.36. The van der Waals surface area contributed by atoms with Crippen molar-refractivity contribution in [1.29, 1.82) is 0 Å². The molecule has 0 bridgehead atoms. The number of para-hydroxylation sites is 1. The SMILES string of the molecule is O=C(CSCC(=O)Nc1ccncc1)Nc1ccccc1. The summed E-state index contributed by atoms with van der Waals surface area (Å²) in [5, 5.41) is 5.50. The first kappa shape index (κ1) is 15.1. The highest BCUT2D eigenvalue weighted by molar-refractivity contribution is 8.00. The number of rotatable bonds is 6. The summed E-state index contributed by atoms with van der Waals surface area (Å²) in [4.78, 5) is 27.2. The quantitative estimate of drug-likeness (QED) is 0.859. The van der Waals surface area contributed by atoms with Gasteiger partial charge in [0.05, 0.1) is 11.5 Å². The summed E-state index contributed by atoms with van der Waals surface area (Å²) >= 11 is 1.27. The van der Waals surface area contributed by atoms with Gasteiger partial charge in [-0.15, -0.1) is 11.8 Å². The molecule has 2 aromatic rings. The summed E-state index contributed by atoms with van der Waals surface area (Å²) in [6.45, 7) is 0. The molecule has 0 radical (unpaired) electrons. The van der Waals surface area contributed by atoms with E-state index in [1.165, 1.54) is 11.8 Å². The van der Waals surface area contributed by atoms with E-state index in [1.807, 2.05) is 30.3 Å². The molecule has 0 atom stereocenters. The Hall–Kier alpha value is -2.34. The van der Waals surface area contributed by atoms with Crippen LogP contribution in [-0.4, -0.2) is 28.3 Å². The molecule has 2 amide bonds. The van der Waals surface area contributed by atoms with Gasteiger partial charge in [0.1, 0.15) is 0 Å². The summed E-state index contributed by atoms with van der Waals surface area (Å²) in [5.41, 5.74) is 1.45. The van der Waals surface area contributed by atoms with Crippen LogP contribution in [0.2, 0.25) is 0 Å². The predicted molar refractivity (Wildman–Crippen MR) is 85.3 cm³/mol. The van der Waals surface area contributed by atoms with E-state index >= 15 is 0 Å². The number of anilines is 2. The molecule has 2 rings (SSSR count). The van der Waals surface area contributed by atoms with Gasteiger partial charge < -0.3 is 10.6 Å². The lowest BCUT2D eigenvalue weighted by atomic mass is 10.3. The lowest BCUT2D eigenvalue weighted by molar-refractivity contribution is -0.114. The minimum Gasteiger partial charge on any atom is -0.325 e. The fourth-order valence-corrected chi connectivity index (χ4v) is 2.20. The van der Waals surface area contributed by atoms with Crippen molar-refractivity contribution < 1.29 is 9.59 Å². The zero-order chi connectivity index (χ0) is 14.9. The van der Waals surface area contributed by atoms with Gasteiger partial charge in [0.2, 0.25) is 11.8 Å². The summed E-state index contributed by atoms with van der Waals surface area (Å²) in [6.07, 6.45) is 3.21. The second kappa shape index (κ2) is 8.06. The standard InChI is InChI=1S/C15H15N3O2S/c19-14(17-12-4-2-1-3-5-12)10-21-11-15(20)18-13-6-8-16-9-7-13/h1-9H,10-11H2,(H,17,19)(H,16,18,20). The molecule has 1 aromatic carbocycles. The summed E-state index contributed by atoms with van der Waals surface area (Å²) < 4.78 is 0. The maximum atomic E-state index is 11.7. The number of hydrogen-bond acceptors (Lipinski definition) is 4. The van der Waals surface area contributed by atoms with Crippen LogP contribution in [0.4, 0.5) is 11.4 Å². The molecule has 5 nitrogen and oxygen atoms in total. The first-order valence-corrected chi connectivity index (χ1v) is 7.52. The molecule has 0 saturated carbocycles. The van der Waals surface area contributed by atoms with Crippen molar-refractivity contribution in [3.05, 3.63) is 54.9 Å². The monoisotopic (exact) mass is 301 g/mol. The van der Waals surface area contributed by atoms with Crippen molar-refractivity contribution in [2.45, 2.75) is 0 Å². The van der Waals surface area contributed by atoms with Crippen molar-refractivity contribution in [3.8, 4) is 0 Å². The molecular weight excluding hydrogens is 286 g/mol. The molecule has 0 aliphatic heterocycles. The number of pyridine rings is 1. The molecule has 0 aliphatic rings. The molecule has 0 spiro atoms. The third kappa shape index (κ3) is 5.66. The maximum Gasteiger partial charge on any atom is 0.234 e. The number of carbonyl (C=O) groups is 2. The van der Waals surface area contributed by atoms with Gasteiger partial charge in [-0.05, 0) is 24.3 Å². The Morgan fingerprint density at radius 2 is 1.38 bits per heavy atom. The molecule has 1 aromatic heterocycles. The molecule has 21 heavy (non-hydrogen) atoms. The van der Waals surface area contributed by atoms with Gasteiger partial charge in [-0.1, -0.05) is 18.2 Å². The number of benzene rings is 1. The van der Waals surface area contributed by atoms with Gasteiger partial charge in [0.15, 0.2) is 0 Å². The Balaban J connectivity index is 1.67. The number of amides is 2. The van der Waals surface area contributed by atoms with Gasteiger partial charge in [0.25, 0.3) is 0 Å². The van der Waals surface area contributed by atoms with Crippen LogP contribution in [0.25, 0.3) is 0 Å². The number of nitrogens with one attached hydrogen (secondary N) is 2. The Morgan fingerprint density at radius 3 is 1.95 bits per heavy atom. The first-order chi connectivity index (χ1) is 10.2. The summed E-state index contributed by atoms with van der Waals surface area (Å²) in [5.74, 6) is 0.199. The second-order valence-corrected chi connectivity index (χ2v) is 5.18. The van der Waals surface area contributed by atoms with Crippen LogP contribution in [-0.2, 0) is 9.59 Å². The third-order valence-corrected chi connectivity index (χ3v) is 3.42. The number of hydrogen-bond donors (Lipinski definition) is 2. The van der Waals surface area contributed by atoms with Crippen LogP contribution in [0.1, 0.15) is 0 Å². The van der Waals surface area contributed by atoms with Crippen molar-refractivity contribution >= 4 is 35.0 Å². The number of nitrogens with zero attached hydrogens (tertiary/aromatic N) is 1. The number of thioether (sulfide) groups is 1. The van der Waals surface area contributed by atoms with Gasteiger partial charge in [-0.2, -0.15) is 0 Å². The highest BCUT2D eigenvalue weighted by Crippen LogP contribution is 2.08. The highest BCUT2D eigenvalue weighted by atomic mass is 32.2. The van der Waals surface area contributed by atoms with E-state index in [4.69, 9.17) is 0 Å². The van der Waals surface area contributed by atoms with E-state index in [2.05, 4.69) is 15.6 Å². The Morgan fingerprint density at radius 1 is 0.857 bits per heavy atom. The molecule has 2 N–H and O–H groups in total. The van der Waals surface area contributed by atoms with Crippen molar-refractivity contribution in [3.63, 3.8) is 0 Å². The zero-order valence-corrected chi connectivity index (χ0v) is 12.1. The fraction of sp³-hybridized carbons (Fsp3) is 0.133.